The monoisotopic (exact) mass is 279 g/mol. The molecular formula is C11H16F3N3O2. The van der Waals surface area contributed by atoms with E-state index in [0.29, 0.717) is 11.4 Å². The van der Waals surface area contributed by atoms with Gasteiger partial charge in [-0.2, -0.15) is 13.2 Å². The molecule has 0 aromatic carbocycles. The molecule has 1 amide bonds. The van der Waals surface area contributed by atoms with Crippen LogP contribution in [-0.2, 0) is 11.3 Å². The molecule has 0 saturated carbocycles. The second kappa shape index (κ2) is 5.94. The molecule has 0 saturated heterocycles. The van der Waals surface area contributed by atoms with Crippen LogP contribution >= 0.6 is 0 Å². The summed E-state index contributed by atoms with van der Waals surface area (Å²) in [6, 6.07) is 0. The van der Waals surface area contributed by atoms with Crippen LogP contribution in [0.15, 0.2) is 4.79 Å². The predicted octanol–water partition coefficient (Wildman–Crippen LogP) is 1.25. The normalized spacial score (nSPS) is 11.6. The highest BCUT2D eigenvalue weighted by atomic mass is 19.4. The third-order valence-electron chi connectivity index (χ3n) is 2.78. The molecule has 1 aromatic heterocycles. The van der Waals surface area contributed by atoms with Crippen molar-refractivity contribution in [3.05, 3.63) is 21.9 Å². The van der Waals surface area contributed by atoms with E-state index >= 15 is 0 Å². The maximum Gasteiger partial charge on any atom is 0.390 e. The van der Waals surface area contributed by atoms with Gasteiger partial charge in [-0.15, -0.1) is 0 Å². The zero-order valence-electron chi connectivity index (χ0n) is 10.7. The van der Waals surface area contributed by atoms with Gasteiger partial charge in [0.25, 0.3) is 0 Å². The van der Waals surface area contributed by atoms with Crippen LogP contribution < -0.4 is 11.0 Å². The van der Waals surface area contributed by atoms with Gasteiger partial charge in [0, 0.05) is 30.9 Å². The Hall–Kier alpha value is -1.73. The lowest BCUT2D eigenvalue weighted by Gasteiger charge is -2.08. The van der Waals surface area contributed by atoms with Gasteiger partial charge in [0.05, 0.1) is 6.42 Å². The second-order valence-corrected chi connectivity index (χ2v) is 4.26. The van der Waals surface area contributed by atoms with Crippen molar-refractivity contribution >= 4 is 5.91 Å². The summed E-state index contributed by atoms with van der Waals surface area (Å²) in [7, 11) is 0. The number of carbonyl (C=O) groups is 1. The predicted molar refractivity (Wildman–Crippen MR) is 62.8 cm³/mol. The number of nitrogens with zero attached hydrogens (tertiary/aromatic N) is 1. The van der Waals surface area contributed by atoms with Gasteiger partial charge in [0.2, 0.25) is 5.91 Å². The van der Waals surface area contributed by atoms with E-state index in [9.17, 15) is 22.8 Å². The smallest absolute Gasteiger partial charge is 0.356 e. The van der Waals surface area contributed by atoms with Crippen molar-refractivity contribution in [1.29, 1.82) is 0 Å². The van der Waals surface area contributed by atoms with Crippen molar-refractivity contribution in [2.75, 3.05) is 6.54 Å². The van der Waals surface area contributed by atoms with Crippen LogP contribution in [0.5, 0.6) is 0 Å². The molecule has 0 aliphatic heterocycles. The number of amides is 1. The number of hydrogen-bond donors (Lipinski definition) is 2. The van der Waals surface area contributed by atoms with Gasteiger partial charge >= 0.3 is 11.9 Å². The van der Waals surface area contributed by atoms with Gasteiger partial charge in [-0.25, -0.2) is 4.79 Å². The minimum Gasteiger partial charge on any atom is -0.356 e. The van der Waals surface area contributed by atoms with E-state index in [2.05, 4.69) is 10.3 Å². The molecule has 2 N–H and O–H groups in total. The number of aryl methyl sites for hydroxylation is 1. The molecule has 0 bridgehead atoms. The van der Waals surface area contributed by atoms with Crippen molar-refractivity contribution in [3.8, 4) is 0 Å². The van der Waals surface area contributed by atoms with Crippen molar-refractivity contribution in [2.45, 2.75) is 39.4 Å². The summed E-state index contributed by atoms with van der Waals surface area (Å²) in [6.45, 7) is 3.17. The largest absolute Gasteiger partial charge is 0.390 e. The number of nitrogens with one attached hydrogen (secondary N) is 2. The van der Waals surface area contributed by atoms with Crippen LogP contribution in [0.25, 0.3) is 0 Å². The zero-order chi connectivity index (χ0) is 14.6. The lowest BCUT2D eigenvalue weighted by atomic mass is 10.3. The molecule has 1 heterocycles. The van der Waals surface area contributed by atoms with Crippen molar-refractivity contribution in [2.24, 2.45) is 0 Å². The van der Waals surface area contributed by atoms with Crippen molar-refractivity contribution < 1.29 is 18.0 Å². The summed E-state index contributed by atoms with van der Waals surface area (Å²) in [5, 5.41) is 2.17. The number of hydrogen-bond acceptors (Lipinski definition) is 2. The molecule has 0 aliphatic carbocycles. The Morgan fingerprint density at radius 1 is 1.37 bits per heavy atom. The number of carbonyl (C=O) groups excluding carboxylic acids is 1. The first-order chi connectivity index (χ1) is 8.70. The molecule has 8 heteroatoms. The van der Waals surface area contributed by atoms with Crippen LogP contribution in [0.1, 0.15) is 24.2 Å². The first-order valence-corrected chi connectivity index (χ1v) is 5.80. The van der Waals surface area contributed by atoms with E-state index in [4.69, 9.17) is 0 Å². The third kappa shape index (κ3) is 4.80. The molecule has 19 heavy (non-hydrogen) atoms. The fraction of sp³-hybridized carbons (Fsp3) is 0.636. The molecule has 0 spiro atoms. The first kappa shape index (κ1) is 15.3. The van der Waals surface area contributed by atoms with E-state index in [1.54, 1.807) is 13.8 Å². The lowest BCUT2D eigenvalue weighted by Crippen LogP contribution is -2.29. The van der Waals surface area contributed by atoms with Crippen LogP contribution in [0.3, 0.4) is 0 Å². The number of alkyl halides is 3. The van der Waals surface area contributed by atoms with Crippen LogP contribution in [0, 0.1) is 13.8 Å². The number of aromatic amines is 1. The molecule has 0 aliphatic rings. The van der Waals surface area contributed by atoms with E-state index in [1.807, 2.05) is 0 Å². The molecule has 1 aromatic rings. The van der Waals surface area contributed by atoms with E-state index in [1.165, 1.54) is 4.57 Å². The lowest BCUT2D eigenvalue weighted by molar-refractivity contribution is -0.135. The number of halogens is 3. The summed E-state index contributed by atoms with van der Waals surface area (Å²) in [5.74, 6) is -0.505. The summed E-state index contributed by atoms with van der Waals surface area (Å²) in [5.41, 5.74) is 1.11. The van der Waals surface area contributed by atoms with Gasteiger partial charge < -0.3 is 10.3 Å². The molecule has 0 unspecified atom stereocenters. The molecule has 1 rings (SSSR count). The van der Waals surface area contributed by atoms with Gasteiger partial charge in [-0.05, 0) is 13.8 Å². The molecular weight excluding hydrogens is 263 g/mol. The highest BCUT2D eigenvalue weighted by Crippen LogP contribution is 2.18. The minimum absolute atomic E-state index is 0.0318. The molecule has 0 fully saturated rings. The van der Waals surface area contributed by atoms with Crippen LogP contribution in [0.4, 0.5) is 13.2 Å². The molecule has 5 nitrogen and oxygen atoms in total. The molecule has 108 valence electrons. The summed E-state index contributed by atoms with van der Waals surface area (Å²) in [6.07, 6.45) is -5.37. The van der Waals surface area contributed by atoms with Gasteiger partial charge in [0.1, 0.15) is 0 Å². The molecule has 0 radical (unpaired) electrons. The Balaban J connectivity index is 2.40. The number of aromatic nitrogens is 2. The Morgan fingerprint density at radius 3 is 2.47 bits per heavy atom. The summed E-state index contributed by atoms with van der Waals surface area (Å²) < 4.78 is 37.0. The minimum atomic E-state index is -4.28. The Labute approximate surface area is 107 Å². The van der Waals surface area contributed by atoms with Crippen LogP contribution in [0.2, 0.25) is 0 Å². The standard InChI is InChI=1S/C11H16F3N3O2/c1-7-8(2)17(10(19)16-7)6-3-9(18)15-5-4-11(12,13)14/h3-6H2,1-2H3,(H,15,18)(H,16,19). The van der Waals surface area contributed by atoms with Crippen LogP contribution in [-0.4, -0.2) is 28.2 Å². The number of H-pyrrole nitrogens is 1. The maximum atomic E-state index is 11.9. The van der Waals surface area contributed by atoms with Gasteiger partial charge in [0.15, 0.2) is 0 Å². The Morgan fingerprint density at radius 2 is 2.00 bits per heavy atom. The summed E-state index contributed by atoms with van der Waals surface area (Å²) in [4.78, 5) is 25.4. The number of rotatable bonds is 5. The zero-order valence-corrected chi connectivity index (χ0v) is 10.7. The average molecular weight is 279 g/mol. The SMILES string of the molecule is Cc1[nH]c(=O)n(CCC(=O)NCCC(F)(F)F)c1C. The van der Waals surface area contributed by atoms with Crippen molar-refractivity contribution in [3.63, 3.8) is 0 Å². The van der Waals surface area contributed by atoms with E-state index in [0.717, 1.165) is 0 Å². The second-order valence-electron chi connectivity index (χ2n) is 4.26. The average Bonchev–Trinajstić information content (AvgIpc) is 2.49. The van der Waals surface area contributed by atoms with Gasteiger partial charge in [-0.3, -0.25) is 9.36 Å². The molecule has 0 atom stereocenters. The topological polar surface area (TPSA) is 66.9 Å². The first-order valence-electron chi connectivity index (χ1n) is 5.80. The van der Waals surface area contributed by atoms with Crippen molar-refractivity contribution in [1.82, 2.24) is 14.9 Å². The van der Waals surface area contributed by atoms with Gasteiger partial charge in [-0.1, -0.05) is 0 Å². The summed E-state index contributed by atoms with van der Waals surface area (Å²) >= 11 is 0. The quantitative estimate of drug-likeness (QED) is 0.852. The maximum absolute atomic E-state index is 11.9. The third-order valence-corrected chi connectivity index (χ3v) is 2.78. The fourth-order valence-electron chi connectivity index (χ4n) is 1.59. The Kier molecular flexibility index (Phi) is 4.79. The Bertz CT molecular complexity index is 502. The number of imidazole rings is 1. The fourth-order valence-corrected chi connectivity index (χ4v) is 1.59. The highest BCUT2D eigenvalue weighted by molar-refractivity contribution is 5.75. The highest BCUT2D eigenvalue weighted by Gasteiger charge is 2.26. The van der Waals surface area contributed by atoms with E-state index in [-0.39, 0.29) is 18.7 Å². The van der Waals surface area contributed by atoms with E-state index < -0.39 is 25.0 Å².